The van der Waals surface area contributed by atoms with Gasteiger partial charge in [0.15, 0.2) is 0 Å². The monoisotopic (exact) mass is 171 g/mol. The molecule has 70 valence electrons. The van der Waals surface area contributed by atoms with Crippen LogP contribution in [0, 0.1) is 11.8 Å². The van der Waals surface area contributed by atoms with Crippen LogP contribution < -0.4 is 5.73 Å². The summed E-state index contributed by atoms with van der Waals surface area (Å²) < 4.78 is 5.31. The van der Waals surface area contributed by atoms with E-state index < -0.39 is 0 Å². The van der Waals surface area contributed by atoms with Crippen molar-refractivity contribution in [1.82, 2.24) is 0 Å². The lowest BCUT2D eigenvalue weighted by atomic mass is 9.85. The van der Waals surface area contributed by atoms with Crippen molar-refractivity contribution in [2.45, 2.75) is 26.2 Å². The third-order valence-corrected chi connectivity index (χ3v) is 2.57. The van der Waals surface area contributed by atoms with Gasteiger partial charge in [-0.1, -0.05) is 6.92 Å². The smallest absolute Gasteiger partial charge is 0.220 e. The van der Waals surface area contributed by atoms with Crippen molar-refractivity contribution in [3.05, 3.63) is 0 Å². The number of ether oxygens (including phenoxy) is 1. The van der Waals surface area contributed by atoms with Gasteiger partial charge in [0.05, 0.1) is 6.61 Å². The summed E-state index contributed by atoms with van der Waals surface area (Å²) in [6, 6.07) is 0. The number of nitrogens with two attached hydrogens (primary N) is 1. The van der Waals surface area contributed by atoms with E-state index >= 15 is 0 Å². The SMILES string of the molecule is CCC(C(N)=O)C1CCCOC1. The van der Waals surface area contributed by atoms with Gasteiger partial charge in [0.1, 0.15) is 0 Å². The predicted molar refractivity (Wildman–Crippen MR) is 46.5 cm³/mol. The van der Waals surface area contributed by atoms with Crippen molar-refractivity contribution in [2.24, 2.45) is 17.6 Å². The molecule has 1 amide bonds. The van der Waals surface area contributed by atoms with E-state index in [0.29, 0.717) is 12.5 Å². The lowest BCUT2D eigenvalue weighted by Gasteiger charge is -2.27. The van der Waals surface area contributed by atoms with Crippen molar-refractivity contribution in [2.75, 3.05) is 13.2 Å². The van der Waals surface area contributed by atoms with Gasteiger partial charge in [-0.2, -0.15) is 0 Å². The molecule has 0 bridgehead atoms. The molecule has 0 aromatic heterocycles. The van der Waals surface area contributed by atoms with Gasteiger partial charge in [0.2, 0.25) is 5.91 Å². The first-order valence-corrected chi connectivity index (χ1v) is 4.62. The molecular formula is C9H17NO2. The number of carbonyl (C=O) groups is 1. The molecule has 1 heterocycles. The molecule has 1 fully saturated rings. The molecule has 1 aliphatic rings. The number of hydrogen-bond donors (Lipinski definition) is 1. The minimum Gasteiger partial charge on any atom is -0.381 e. The molecule has 3 nitrogen and oxygen atoms in total. The first-order chi connectivity index (χ1) is 5.75. The maximum Gasteiger partial charge on any atom is 0.220 e. The Morgan fingerprint density at radius 1 is 1.75 bits per heavy atom. The molecule has 0 aliphatic carbocycles. The van der Waals surface area contributed by atoms with Crippen LogP contribution in [0.5, 0.6) is 0 Å². The third kappa shape index (κ3) is 2.21. The van der Waals surface area contributed by atoms with Gasteiger partial charge in [-0.05, 0) is 25.2 Å². The van der Waals surface area contributed by atoms with Gasteiger partial charge in [-0.15, -0.1) is 0 Å². The first kappa shape index (κ1) is 9.52. The van der Waals surface area contributed by atoms with Crippen LogP contribution in [0.1, 0.15) is 26.2 Å². The van der Waals surface area contributed by atoms with Crippen molar-refractivity contribution in [1.29, 1.82) is 0 Å². The fraction of sp³-hybridized carbons (Fsp3) is 0.889. The topological polar surface area (TPSA) is 52.3 Å². The molecule has 12 heavy (non-hydrogen) atoms. The van der Waals surface area contributed by atoms with E-state index in [2.05, 4.69) is 0 Å². The summed E-state index contributed by atoms with van der Waals surface area (Å²) in [5, 5.41) is 0. The molecule has 1 rings (SSSR count). The Hall–Kier alpha value is -0.570. The molecule has 3 heteroatoms. The lowest BCUT2D eigenvalue weighted by molar-refractivity contribution is -0.125. The van der Waals surface area contributed by atoms with Crippen molar-refractivity contribution in [3.63, 3.8) is 0 Å². The van der Waals surface area contributed by atoms with E-state index in [1.54, 1.807) is 0 Å². The summed E-state index contributed by atoms with van der Waals surface area (Å²) in [5.74, 6) is 0.208. The Bertz CT molecular complexity index is 153. The standard InChI is InChI=1S/C9H17NO2/c1-2-8(9(10)11)7-4-3-5-12-6-7/h7-8H,2-6H2,1H3,(H2,10,11). The van der Waals surface area contributed by atoms with Gasteiger partial charge < -0.3 is 10.5 Å². The Labute approximate surface area is 73.3 Å². The molecule has 0 saturated carbocycles. The van der Waals surface area contributed by atoms with Crippen LogP contribution in [0.3, 0.4) is 0 Å². The maximum absolute atomic E-state index is 11.0. The van der Waals surface area contributed by atoms with Crippen molar-refractivity contribution < 1.29 is 9.53 Å². The van der Waals surface area contributed by atoms with Crippen LogP contribution in [0.15, 0.2) is 0 Å². The Morgan fingerprint density at radius 3 is 2.92 bits per heavy atom. The van der Waals surface area contributed by atoms with Crippen LogP contribution in [0.25, 0.3) is 0 Å². The lowest BCUT2D eigenvalue weighted by Crippen LogP contribution is -2.34. The van der Waals surface area contributed by atoms with E-state index in [0.717, 1.165) is 25.9 Å². The van der Waals surface area contributed by atoms with Crippen molar-refractivity contribution in [3.8, 4) is 0 Å². The maximum atomic E-state index is 11.0. The second-order valence-electron chi connectivity index (χ2n) is 3.39. The average Bonchev–Trinajstić information content (AvgIpc) is 2.07. The highest BCUT2D eigenvalue weighted by molar-refractivity contribution is 5.76. The minimum absolute atomic E-state index is 0.0188. The first-order valence-electron chi connectivity index (χ1n) is 4.62. The molecule has 1 aliphatic heterocycles. The Kier molecular flexibility index (Phi) is 3.53. The van der Waals surface area contributed by atoms with Gasteiger partial charge >= 0.3 is 0 Å². The molecule has 0 spiro atoms. The fourth-order valence-electron chi connectivity index (χ4n) is 1.85. The number of hydrogen-bond acceptors (Lipinski definition) is 2. The van der Waals surface area contributed by atoms with Crippen LogP contribution in [0.2, 0.25) is 0 Å². The number of rotatable bonds is 3. The third-order valence-electron chi connectivity index (χ3n) is 2.57. The fourth-order valence-corrected chi connectivity index (χ4v) is 1.85. The highest BCUT2D eigenvalue weighted by atomic mass is 16.5. The molecular weight excluding hydrogens is 154 g/mol. The normalized spacial score (nSPS) is 26.6. The van der Waals surface area contributed by atoms with Crippen molar-refractivity contribution >= 4 is 5.91 Å². The molecule has 0 aromatic rings. The summed E-state index contributed by atoms with van der Waals surface area (Å²) in [5.41, 5.74) is 5.28. The summed E-state index contributed by atoms with van der Waals surface area (Å²) in [6.07, 6.45) is 2.99. The zero-order chi connectivity index (χ0) is 8.97. The number of amides is 1. The second kappa shape index (κ2) is 4.45. The average molecular weight is 171 g/mol. The van der Waals surface area contributed by atoms with E-state index in [1.807, 2.05) is 6.92 Å². The number of carbonyl (C=O) groups excluding carboxylic acids is 1. The highest BCUT2D eigenvalue weighted by Gasteiger charge is 2.26. The summed E-state index contributed by atoms with van der Waals surface area (Å²) >= 11 is 0. The van der Waals surface area contributed by atoms with Crippen LogP contribution >= 0.6 is 0 Å². The molecule has 1 saturated heterocycles. The zero-order valence-electron chi connectivity index (χ0n) is 7.58. The largest absolute Gasteiger partial charge is 0.381 e. The molecule has 2 unspecified atom stereocenters. The van der Waals surface area contributed by atoms with Gasteiger partial charge in [0, 0.05) is 12.5 Å². The summed E-state index contributed by atoms with van der Waals surface area (Å²) in [7, 11) is 0. The van der Waals surface area contributed by atoms with Crippen LogP contribution in [-0.2, 0) is 9.53 Å². The van der Waals surface area contributed by atoms with Gasteiger partial charge in [-0.3, -0.25) is 4.79 Å². The summed E-state index contributed by atoms with van der Waals surface area (Å²) in [4.78, 5) is 11.0. The van der Waals surface area contributed by atoms with E-state index in [1.165, 1.54) is 0 Å². The highest BCUT2D eigenvalue weighted by Crippen LogP contribution is 2.24. The van der Waals surface area contributed by atoms with Crippen LogP contribution in [0.4, 0.5) is 0 Å². The minimum atomic E-state index is -0.173. The quantitative estimate of drug-likeness (QED) is 0.686. The van der Waals surface area contributed by atoms with E-state index in [9.17, 15) is 4.79 Å². The number of primary amides is 1. The molecule has 2 N–H and O–H groups in total. The van der Waals surface area contributed by atoms with Gasteiger partial charge in [0.25, 0.3) is 0 Å². The Morgan fingerprint density at radius 2 is 2.50 bits per heavy atom. The Balaban J connectivity index is 2.46. The summed E-state index contributed by atoms with van der Waals surface area (Å²) in [6.45, 7) is 3.55. The predicted octanol–water partition coefficient (Wildman–Crippen LogP) is 0.925. The van der Waals surface area contributed by atoms with Crippen LogP contribution in [-0.4, -0.2) is 19.1 Å². The zero-order valence-corrected chi connectivity index (χ0v) is 7.58. The van der Waals surface area contributed by atoms with Gasteiger partial charge in [-0.25, -0.2) is 0 Å². The van der Waals surface area contributed by atoms with E-state index in [-0.39, 0.29) is 11.8 Å². The molecule has 2 atom stereocenters. The molecule has 0 radical (unpaired) electrons. The van der Waals surface area contributed by atoms with E-state index in [4.69, 9.17) is 10.5 Å². The molecule has 0 aromatic carbocycles. The second-order valence-corrected chi connectivity index (χ2v) is 3.39.